The number of aryl methyl sites for hydroxylation is 2. The van der Waals surface area contributed by atoms with Gasteiger partial charge < -0.3 is 10.1 Å². The lowest BCUT2D eigenvalue weighted by Crippen LogP contribution is -2.28. The molecule has 0 aliphatic rings. The monoisotopic (exact) mass is 390 g/mol. The highest BCUT2D eigenvalue weighted by Crippen LogP contribution is 2.24. The van der Waals surface area contributed by atoms with Crippen LogP contribution < -0.4 is 14.8 Å². The van der Waals surface area contributed by atoms with Crippen LogP contribution >= 0.6 is 0 Å². The van der Waals surface area contributed by atoms with E-state index in [1.54, 1.807) is 36.4 Å². The molecule has 0 fully saturated rings. The molecule has 0 radical (unpaired) electrons. The molecule has 2 rings (SSSR count). The highest BCUT2D eigenvalue weighted by atomic mass is 32.2. The number of ether oxygens (including phenoxy) is 1. The van der Waals surface area contributed by atoms with Crippen LogP contribution in [0.2, 0.25) is 0 Å². The van der Waals surface area contributed by atoms with Crippen molar-refractivity contribution < 1.29 is 17.9 Å². The minimum absolute atomic E-state index is 0.0130. The third-order valence-corrected chi connectivity index (χ3v) is 5.51. The van der Waals surface area contributed by atoms with Crippen LogP contribution in [0.3, 0.4) is 0 Å². The molecular weight excluding hydrogens is 364 g/mol. The fourth-order valence-corrected chi connectivity index (χ4v) is 3.50. The van der Waals surface area contributed by atoms with E-state index < -0.39 is 10.0 Å². The Balaban J connectivity index is 1.91. The Morgan fingerprint density at radius 2 is 1.81 bits per heavy atom. The van der Waals surface area contributed by atoms with E-state index in [4.69, 9.17) is 4.74 Å². The van der Waals surface area contributed by atoms with Gasteiger partial charge in [0, 0.05) is 13.0 Å². The summed E-state index contributed by atoms with van der Waals surface area (Å²) in [4.78, 5) is 12.4. The molecule has 27 heavy (non-hydrogen) atoms. The summed E-state index contributed by atoms with van der Waals surface area (Å²) < 4.78 is 32.8. The van der Waals surface area contributed by atoms with Crippen molar-refractivity contribution in [2.75, 3.05) is 18.5 Å². The van der Waals surface area contributed by atoms with Gasteiger partial charge in [-0.3, -0.25) is 4.79 Å². The maximum Gasteiger partial charge on any atom is 0.240 e. The van der Waals surface area contributed by atoms with Gasteiger partial charge in [-0.2, -0.15) is 0 Å². The lowest BCUT2D eigenvalue weighted by atomic mass is 10.1. The first kappa shape index (κ1) is 20.9. The summed E-state index contributed by atoms with van der Waals surface area (Å²) in [6.45, 7) is 6.36. The van der Waals surface area contributed by atoms with E-state index in [9.17, 15) is 13.2 Å². The molecule has 2 N–H and O–H groups in total. The van der Waals surface area contributed by atoms with Gasteiger partial charge in [0.1, 0.15) is 5.75 Å². The summed E-state index contributed by atoms with van der Waals surface area (Å²) in [5.41, 5.74) is 2.50. The number of para-hydroxylation sites is 2. The van der Waals surface area contributed by atoms with Crippen molar-refractivity contribution in [3.63, 3.8) is 0 Å². The first-order valence-electron chi connectivity index (χ1n) is 8.92. The number of sulfonamides is 1. The highest BCUT2D eigenvalue weighted by molar-refractivity contribution is 7.89. The number of benzene rings is 2. The van der Waals surface area contributed by atoms with Crippen molar-refractivity contribution in [1.82, 2.24) is 4.72 Å². The number of rotatable bonds is 9. The zero-order valence-electron chi connectivity index (χ0n) is 15.9. The molecule has 0 heterocycles. The van der Waals surface area contributed by atoms with Crippen molar-refractivity contribution in [3.05, 3.63) is 53.6 Å². The van der Waals surface area contributed by atoms with Gasteiger partial charge in [-0.25, -0.2) is 13.1 Å². The Morgan fingerprint density at radius 3 is 2.52 bits per heavy atom. The normalized spacial score (nSPS) is 11.2. The molecule has 7 heteroatoms. The number of anilines is 1. The average molecular weight is 391 g/mol. The summed E-state index contributed by atoms with van der Waals surface area (Å²) in [6, 6.07) is 12.1. The Bertz CT molecular complexity index is 895. The molecule has 0 saturated carbocycles. The van der Waals surface area contributed by atoms with E-state index in [1.165, 1.54) is 0 Å². The number of carbonyl (C=O) groups excluding carboxylic acids is 1. The Hall–Kier alpha value is -2.38. The van der Waals surface area contributed by atoms with Gasteiger partial charge in [0.2, 0.25) is 15.9 Å². The molecule has 0 unspecified atom stereocenters. The lowest BCUT2D eigenvalue weighted by molar-refractivity contribution is -0.116. The van der Waals surface area contributed by atoms with Crippen LogP contribution in [0.25, 0.3) is 0 Å². The maximum absolute atomic E-state index is 12.3. The number of carbonyl (C=O) groups is 1. The summed E-state index contributed by atoms with van der Waals surface area (Å²) in [7, 11) is -3.64. The van der Waals surface area contributed by atoms with E-state index in [0.717, 1.165) is 17.5 Å². The second-order valence-electron chi connectivity index (χ2n) is 6.29. The molecular formula is C20H26N2O4S. The number of nitrogens with one attached hydrogen (secondary N) is 2. The zero-order valence-corrected chi connectivity index (χ0v) is 16.7. The fraction of sp³-hybridized carbons (Fsp3) is 0.350. The maximum atomic E-state index is 12.3. The molecule has 146 valence electrons. The van der Waals surface area contributed by atoms with Gasteiger partial charge in [-0.15, -0.1) is 0 Å². The third kappa shape index (κ3) is 6.08. The van der Waals surface area contributed by atoms with Gasteiger partial charge in [0.05, 0.1) is 17.2 Å². The first-order valence-corrected chi connectivity index (χ1v) is 10.4. The first-order chi connectivity index (χ1) is 12.8. The van der Waals surface area contributed by atoms with Crippen LogP contribution in [-0.2, 0) is 14.8 Å². The number of amides is 1. The van der Waals surface area contributed by atoms with E-state index in [1.807, 2.05) is 26.8 Å². The predicted molar refractivity (Wildman–Crippen MR) is 107 cm³/mol. The van der Waals surface area contributed by atoms with E-state index in [0.29, 0.717) is 18.0 Å². The second-order valence-corrected chi connectivity index (χ2v) is 8.05. The lowest BCUT2D eigenvalue weighted by Gasteiger charge is -2.12. The van der Waals surface area contributed by atoms with Gasteiger partial charge in [0.25, 0.3) is 0 Å². The molecule has 1 amide bonds. The molecule has 6 nitrogen and oxygen atoms in total. The molecule has 0 saturated heterocycles. The molecule has 0 aromatic heterocycles. The van der Waals surface area contributed by atoms with Crippen LogP contribution in [0, 0.1) is 13.8 Å². The van der Waals surface area contributed by atoms with Gasteiger partial charge in [-0.1, -0.05) is 25.1 Å². The number of hydrogen-bond acceptors (Lipinski definition) is 4. The van der Waals surface area contributed by atoms with E-state index in [2.05, 4.69) is 10.0 Å². The largest absolute Gasteiger partial charge is 0.491 e. The zero-order chi connectivity index (χ0) is 19.9. The summed E-state index contributed by atoms with van der Waals surface area (Å²) in [5, 5.41) is 2.76. The van der Waals surface area contributed by atoms with E-state index >= 15 is 0 Å². The minimum atomic E-state index is -3.64. The van der Waals surface area contributed by atoms with Crippen LogP contribution in [-0.4, -0.2) is 27.5 Å². The van der Waals surface area contributed by atoms with Crippen molar-refractivity contribution in [2.24, 2.45) is 0 Å². The molecule has 0 aliphatic heterocycles. The van der Waals surface area contributed by atoms with E-state index in [-0.39, 0.29) is 23.8 Å². The smallest absolute Gasteiger partial charge is 0.240 e. The number of hydrogen-bond donors (Lipinski definition) is 2. The van der Waals surface area contributed by atoms with Crippen LogP contribution in [0.4, 0.5) is 5.69 Å². The minimum Gasteiger partial charge on any atom is -0.491 e. The fourth-order valence-electron chi connectivity index (χ4n) is 2.38. The molecule has 2 aromatic rings. The quantitative estimate of drug-likeness (QED) is 0.687. The van der Waals surface area contributed by atoms with Crippen molar-refractivity contribution in [3.8, 4) is 5.75 Å². The predicted octanol–water partition coefficient (Wildman–Crippen LogP) is 3.40. The van der Waals surface area contributed by atoms with Gasteiger partial charge in [0.15, 0.2) is 0 Å². The average Bonchev–Trinajstić information content (AvgIpc) is 2.63. The van der Waals surface area contributed by atoms with Crippen molar-refractivity contribution >= 4 is 21.6 Å². The highest BCUT2D eigenvalue weighted by Gasteiger charge is 2.15. The van der Waals surface area contributed by atoms with Crippen molar-refractivity contribution in [2.45, 2.75) is 38.5 Å². The Morgan fingerprint density at radius 1 is 1.07 bits per heavy atom. The molecule has 0 atom stereocenters. The Kier molecular flexibility index (Phi) is 7.38. The summed E-state index contributed by atoms with van der Waals surface area (Å²) >= 11 is 0. The van der Waals surface area contributed by atoms with Gasteiger partial charge in [-0.05, 0) is 55.7 Å². The summed E-state index contributed by atoms with van der Waals surface area (Å²) in [6.07, 6.45) is 0.884. The molecule has 0 spiro atoms. The standard InChI is InChI=1S/C20H26N2O4S/c1-4-13-26-19-8-6-5-7-18(19)22-20(23)11-12-21-27(24,25)17-10-9-15(2)16(3)14-17/h5-10,14,21H,4,11-13H2,1-3H3,(H,22,23). The topological polar surface area (TPSA) is 84.5 Å². The molecule has 2 aromatic carbocycles. The molecule has 0 bridgehead atoms. The van der Waals surface area contributed by atoms with Crippen LogP contribution in [0.5, 0.6) is 5.75 Å². The third-order valence-electron chi connectivity index (χ3n) is 4.06. The Labute approximate surface area is 161 Å². The van der Waals surface area contributed by atoms with Gasteiger partial charge >= 0.3 is 0 Å². The SMILES string of the molecule is CCCOc1ccccc1NC(=O)CCNS(=O)(=O)c1ccc(C)c(C)c1. The van der Waals surface area contributed by atoms with Crippen LogP contribution in [0.1, 0.15) is 30.9 Å². The van der Waals surface area contributed by atoms with Crippen molar-refractivity contribution in [1.29, 1.82) is 0 Å². The second kappa shape index (κ2) is 9.53. The summed E-state index contributed by atoms with van der Waals surface area (Å²) in [5.74, 6) is 0.314. The van der Waals surface area contributed by atoms with Crippen LogP contribution in [0.15, 0.2) is 47.4 Å². The molecule has 0 aliphatic carbocycles.